The van der Waals surface area contributed by atoms with Crippen LogP contribution in [-0.4, -0.2) is 112 Å². The number of aliphatic hydroxyl groups is 4. The third kappa shape index (κ3) is 9.55. The number of aliphatic hydroxyl groups excluding tert-OH is 4. The van der Waals surface area contributed by atoms with E-state index >= 15 is 0 Å². The third-order valence-electron chi connectivity index (χ3n) is 11.5. The molecule has 53 heavy (non-hydrogen) atoms. The van der Waals surface area contributed by atoms with Crippen molar-refractivity contribution in [1.82, 2.24) is 0 Å². The zero-order valence-corrected chi connectivity index (χ0v) is 35.1. The molecule has 12 nitrogen and oxygen atoms in total. The highest BCUT2D eigenvalue weighted by atomic mass is 28.4. The first-order valence-corrected chi connectivity index (χ1v) is 24.5. The van der Waals surface area contributed by atoms with E-state index < -0.39 is 84.3 Å². The minimum atomic E-state index is -2.22. The van der Waals surface area contributed by atoms with E-state index in [-0.39, 0.29) is 23.3 Å². The summed E-state index contributed by atoms with van der Waals surface area (Å²) in [7, 11) is -4.38. The van der Waals surface area contributed by atoms with Crippen molar-refractivity contribution in [2.75, 3.05) is 13.2 Å². The van der Waals surface area contributed by atoms with Crippen LogP contribution in [-0.2, 0) is 34.8 Å². The summed E-state index contributed by atoms with van der Waals surface area (Å²) >= 11 is 0. The summed E-state index contributed by atoms with van der Waals surface area (Å²) in [5.74, 6) is 1.47. The molecule has 5 rings (SSSR count). The molecule has 3 aliphatic rings. The van der Waals surface area contributed by atoms with Crippen LogP contribution in [0.25, 0.3) is 0 Å². The molecule has 0 aromatic heterocycles. The average Bonchev–Trinajstić information content (AvgIpc) is 3.07. The van der Waals surface area contributed by atoms with E-state index in [1.165, 1.54) is 0 Å². The fourth-order valence-corrected chi connectivity index (χ4v) is 7.98. The van der Waals surface area contributed by atoms with Crippen LogP contribution in [0.2, 0.25) is 36.3 Å². The second-order valence-electron chi connectivity index (χ2n) is 17.6. The normalized spacial score (nSPS) is 32.9. The zero-order valence-electron chi connectivity index (χ0n) is 33.1. The van der Waals surface area contributed by atoms with E-state index in [4.69, 9.17) is 37.3 Å². The Morgan fingerprint density at radius 1 is 0.717 bits per heavy atom. The van der Waals surface area contributed by atoms with Gasteiger partial charge in [-0.15, -0.1) is 0 Å². The molecule has 3 aliphatic heterocycles. The van der Waals surface area contributed by atoms with Crippen LogP contribution < -0.4 is 8.85 Å². The Bertz CT molecular complexity index is 1500. The van der Waals surface area contributed by atoms with E-state index in [0.717, 1.165) is 22.6 Å². The summed E-state index contributed by atoms with van der Waals surface area (Å²) in [6, 6.07) is 15.4. The van der Waals surface area contributed by atoms with E-state index in [2.05, 4.69) is 67.7 Å². The van der Waals surface area contributed by atoms with E-state index in [9.17, 15) is 20.4 Å². The predicted molar refractivity (Wildman–Crippen MR) is 204 cm³/mol. The maximum absolute atomic E-state index is 11.7. The average molecular weight is 779 g/mol. The summed E-state index contributed by atoms with van der Waals surface area (Å²) in [6.07, 6.45) is -12.0. The summed E-state index contributed by atoms with van der Waals surface area (Å²) in [5.41, 5.74) is 1.74. The second kappa shape index (κ2) is 16.3. The molecule has 0 aliphatic carbocycles. The molecule has 0 spiro atoms. The summed E-state index contributed by atoms with van der Waals surface area (Å²) in [6.45, 7) is 24.0. The van der Waals surface area contributed by atoms with Gasteiger partial charge in [0.2, 0.25) is 0 Å². The van der Waals surface area contributed by atoms with Crippen LogP contribution in [0, 0.1) is 0 Å². The summed E-state index contributed by atoms with van der Waals surface area (Å²) < 4.78 is 50.3. The van der Waals surface area contributed by atoms with Crippen molar-refractivity contribution in [2.45, 2.75) is 159 Å². The smallest absolute Gasteiger partial charge is 0.250 e. The maximum atomic E-state index is 11.7. The van der Waals surface area contributed by atoms with Crippen LogP contribution in [0.4, 0.5) is 0 Å². The number of benzene rings is 2. The van der Waals surface area contributed by atoms with Gasteiger partial charge in [-0.05, 0) is 67.3 Å². The minimum absolute atomic E-state index is 0.00649. The molecule has 14 heteroatoms. The molecule has 3 fully saturated rings. The minimum Gasteiger partial charge on any atom is -0.541 e. The van der Waals surface area contributed by atoms with Gasteiger partial charge < -0.3 is 57.7 Å². The maximum Gasteiger partial charge on any atom is 0.250 e. The van der Waals surface area contributed by atoms with Crippen molar-refractivity contribution in [3.63, 3.8) is 0 Å². The number of hydrogen-bond acceptors (Lipinski definition) is 12. The van der Waals surface area contributed by atoms with Gasteiger partial charge in [0.15, 0.2) is 18.9 Å². The molecule has 1 unspecified atom stereocenters. The number of hydrogen-bond donors (Lipinski definition) is 4. The monoisotopic (exact) mass is 778 g/mol. The van der Waals surface area contributed by atoms with Gasteiger partial charge in [0.1, 0.15) is 54.2 Å². The SMILES string of the molecule is C[C@@H]1O[C@@H](O[C@@H]2[C@@H](O)[C@H](OCCc3ccc(O[Si](C)(C)C(C)(C)C)c(O[Si](C)(C)C(C)(C)C)c3)O[C@@H]3COC(c4ccccc4)O[C@@H]23)[C@H](O)[C@H](O)[C@H]1O. The number of rotatable bonds is 11. The van der Waals surface area contributed by atoms with E-state index in [1.54, 1.807) is 6.92 Å². The first kappa shape index (κ1) is 42.2. The summed E-state index contributed by atoms with van der Waals surface area (Å²) in [5, 5.41) is 43.2. The van der Waals surface area contributed by atoms with E-state index in [0.29, 0.717) is 6.42 Å². The third-order valence-corrected chi connectivity index (χ3v) is 20.2. The van der Waals surface area contributed by atoms with Crippen molar-refractivity contribution in [3.05, 3.63) is 59.7 Å². The quantitative estimate of drug-likeness (QED) is 0.215. The first-order chi connectivity index (χ1) is 24.6. The lowest BCUT2D eigenvalue weighted by Gasteiger charge is -2.49. The molecule has 0 radical (unpaired) electrons. The van der Waals surface area contributed by atoms with Crippen molar-refractivity contribution < 1.29 is 57.7 Å². The molecule has 0 saturated carbocycles. The van der Waals surface area contributed by atoms with E-state index in [1.807, 2.05) is 48.5 Å². The fraction of sp³-hybridized carbons (Fsp3) is 0.692. The fourth-order valence-electron chi connectivity index (χ4n) is 5.94. The van der Waals surface area contributed by atoms with Crippen molar-refractivity contribution in [3.8, 4) is 11.5 Å². The molecule has 11 atom stereocenters. The van der Waals surface area contributed by atoms with Gasteiger partial charge in [0, 0.05) is 5.56 Å². The van der Waals surface area contributed by atoms with Gasteiger partial charge in [-0.3, -0.25) is 0 Å². The van der Waals surface area contributed by atoms with Gasteiger partial charge in [-0.2, -0.15) is 0 Å². The molecular formula is C39H62O12Si2. The lowest BCUT2D eigenvalue weighted by atomic mass is 9.96. The van der Waals surface area contributed by atoms with Gasteiger partial charge >= 0.3 is 0 Å². The molecule has 0 bridgehead atoms. The molecule has 3 saturated heterocycles. The Hall–Kier alpha value is -1.93. The number of ether oxygens (including phenoxy) is 6. The molecule has 0 amide bonds. The van der Waals surface area contributed by atoms with Crippen LogP contribution in [0.15, 0.2) is 48.5 Å². The van der Waals surface area contributed by atoms with Crippen LogP contribution in [0.1, 0.15) is 65.9 Å². The van der Waals surface area contributed by atoms with Gasteiger partial charge in [0.25, 0.3) is 16.6 Å². The van der Waals surface area contributed by atoms with Crippen molar-refractivity contribution in [1.29, 1.82) is 0 Å². The Morgan fingerprint density at radius 3 is 1.96 bits per heavy atom. The van der Waals surface area contributed by atoms with Crippen LogP contribution in [0.3, 0.4) is 0 Å². The Kier molecular flexibility index (Phi) is 13.0. The van der Waals surface area contributed by atoms with Crippen molar-refractivity contribution in [2.24, 2.45) is 0 Å². The van der Waals surface area contributed by atoms with Gasteiger partial charge in [-0.25, -0.2) is 0 Å². The molecule has 2 aromatic rings. The molecule has 2 aromatic carbocycles. The van der Waals surface area contributed by atoms with Crippen LogP contribution >= 0.6 is 0 Å². The second-order valence-corrected chi connectivity index (χ2v) is 27.1. The topological polar surface area (TPSA) is 155 Å². The Morgan fingerprint density at radius 2 is 1.34 bits per heavy atom. The predicted octanol–water partition coefficient (Wildman–Crippen LogP) is 5.43. The molecule has 3 heterocycles. The highest BCUT2D eigenvalue weighted by Gasteiger charge is 2.53. The lowest BCUT2D eigenvalue weighted by molar-refractivity contribution is -0.391. The highest BCUT2D eigenvalue weighted by molar-refractivity contribution is 6.75. The van der Waals surface area contributed by atoms with Crippen molar-refractivity contribution >= 4 is 16.6 Å². The standard InChI is InChI=1S/C39H62O12Si2/c1-23-29(40)30(41)31(42)37(46-23)49-34-32(43)36(47-28-22-45-35(48-33(28)34)25-15-13-12-14-16-25)44-20-19-24-17-18-26(50-52(8,9)38(2,3)4)27(21-24)51-53(10,11)39(5,6)7/h12-18,21,23,28-37,40-43H,19-20,22H2,1-11H3/t23-,28+,29-,30+,31+,32+,33+,34+,35?,36+,37-/m0/s1. The lowest BCUT2D eigenvalue weighted by Crippen LogP contribution is -2.66. The summed E-state index contributed by atoms with van der Waals surface area (Å²) in [4.78, 5) is 0. The Labute approximate surface area is 316 Å². The van der Waals surface area contributed by atoms with Crippen LogP contribution in [0.5, 0.6) is 11.5 Å². The highest BCUT2D eigenvalue weighted by Crippen LogP contribution is 2.44. The van der Waals surface area contributed by atoms with Gasteiger partial charge in [0.05, 0.1) is 19.3 Å². The van der Waals surface area contributed by atoms with Gasteiger partial charge in [-0.1, -0.05) is 77.9 Å². The largest absolute Gasteiger partial charge is 0.541 e. The zero-order chi connectivity index (χ0) is 39.1. The molecule has 298 valence electrons. The first-order valence-electron chi connectivity index (χ1n) is 18.7. The Balaban J connectivity index is 1.34. The number of fused-ring (bicyclic) bond motifs is 1. The molecular weight excluding hydrogens is 717 g/mol. The molecule has 4 N–H and O–H groups in total.